The van der Waals surface area contributed by atoms with E-state index in [2.05, 4.69) is 21.1 Å². The second-order valence-corrected chi connectivity index (χ2v) is 5.52. The highest BCUT2D eigenvalue weighted by atomic mass is 16.2. The number of carbonyl (C=O) groups is 2. The summed E-state index contributed by atoms with van der Waals surface area (Å²) in [6, 6.07) is 13.9. The van der Waals surface area contributed by atoms with Gasteiger partial charge in [-0.2, -0.15) is 10.2 Å². The van der Waals surface area contributed by atoms with Gasteiger partial charge >= 0.3 is 11.8 Å². The highest BCUT2D eigenvalue weighted by Gasteiger charge is 2.12. The molecule has 0 aliphatic rings. The first kappa shape index (κ1) is 18.7. The summed E-state index contributed by atoms with van der Waals surface area (Å²) >= 11 is 0. The molecule has 134 valence electrons. The number of hydrazone groups is 2. The van der Waals surface area contributed by atoms with E-state index in [-0.39, 0.29) is 0 Å². The summed E-state index contributed by atoms with van der Waals surface area (Å²) < 4.78 is 0. The van der Waals surface area contributed by atoms with Crippen LogP contribution in [0.5, 0.6) is 0 Å². The van der Waals surface area contributed by atoms with Crippen LogP contribution >= 0.6 is 0 Å². The minimum atomic E-state index is -0.923. The Kier molecular flexibility index (Phi) is 6.05. The lowest BCUT2D eigenvalue weighted by atomic mass is 10.1. The number of anilines is 2. The molecule has 2 aromatic carbocycles. The molecule has 0 radical (unpaired) electrons. The molecule has 2 aromatic rings. The number of amides is 2. The number of nitrogens with one attached hydrogen (secondary N) is 2. The number of nitrogens with two attached hydrogens (primary N) is 2. The van der Waals surface area contributed by atoms with E-state index in [0.29, 0.717) is 22.8 Å². The van der Waals surface area contributed by atoms with Crippen molar-refractivity contribution < 1.29 is 9.59 Å². The second-order valence-electron chi connectivity index (χ2n) is 5.52. The zero-order valence-electron chi connectivity index (χ0n) is 14.5. The Labute approximate surface area is 151 Å². The van der Waals surface area contributed by atoms with Crippen LogP contribution in [0.25, 0.3) is 0 Å². The SMILES string of the molecule is C/C(=N/NC(=O)C(=O)N/N=C(/C)c1ccc(N)cc1)c1ccc(N)cc1. The maximum absolute atomic E-state index is 11.8. The van der Waals surface area contributed by atoms with Crippen LogP contribution in [0.4, 0.5) is 11.4 Å². The van der Waals surface area contributed by atoms with Crippen molar-refractivity contribution in [3.63, 3.8) is 0 Å². The summed E-state index contributed by atoms with van der Waals surface area (Å²) in [6.45, 7) is 3.40. The summed E-state index contributed by atoms with van der Waals surface area (Å²) in [4.78, 5) is 23.6. The lowest BCUT2D eigenvalue weighted by molar-refractivity contribution is -0.139. The van der Waals surface area contributed by atoms with Crippen LogP contribution in [0, 0.1) is 0 Å². The zero-order valence-corrected chi connectivity index (χ0v) is 14.5. The number of benzene rings is 2. The van der Waals surface area contributed by atoms with Crippen LogP contribution in [0.15, 0.2) is 58.7 Å². The molecule has 2 amide bonds. The first-order chi connectivity index (χ1) is 12.4. The topological polar surface area (TPSA) is 135 Å². The number of nitrogens with zero attached hydrogens (tertiary/aromatic N) is 2. The maximum Gasteiger partial charge on any atom is 0.331 e. The first-order valence-electron chi connectivity index (χ1n) is 7.77. The molecule has 6 N–H and O–H groups in total. The van der Waals surface area contributed by atoms with E-state index in [0.717, 1.165) is 11.1 Å². The quantitative estimate of drug-likeness (QED) is 0.285. The largest absolute Gasteiger partial charge is 0.399 e. The molecule has 0 fully saturated rings. The van der Waals surface area contributed by atoms with Crippen LogP contribution in [0.2, 0.25) is 0 Å². The molecule has 8 nitrogen and oxygen atoms in total. The minimum Gasteiger partial charge on any atom is -0.399 e. The fraction of sp³-hybridized carbons (Fsp3) is 0.111. The van der Waals surface area contributed by atoms with Gasteiger partial charge in [0, 0.05) is 11.4 Å². The molecule has 0 saturated carbocycles. The molecule has 0 aliphatic carbocycles. The van der Waals surface area contributed by atoms with Gasteiger partial charge in [-0.25, -0.2) is 10.9 Å². The molecule has 0 bridgehead atoms. The number of rotatable bonds is 4. The predicted molar refractivity (Wildman–Crippen MR) is 102 cm³/mol. The molecule has 2 rings (SSSR count). The molecule has 8 heteroatoms. The van der Waals surface area contributed by atoms with E-state index >= 15 is 0 Å². The van der Waals surface area contributed by atoms with E-state index in [1.165, 1.54) is 0 Å². The Morgan fingerprint density at radius 2 is 1.00 bits per heavy atom. The molecule has 0 saturated heterocycles. The van der Waals surface area contributed by atoms with Gasteiger partial charge in [0.25, 0.3) is 0 Å². The Bertz CT molecular complexity index is 781. The molecule has 0 aromatic heterocycles. The Balaban J connectivity index is 1.93. The van der Waals surface area contributed by atoms with Gasteiger partial charge in [0.15, 0.2) is 0 Å². The van der Waals surface area contributed by atoms with Gasteiger partial charge in [-0.3, -0.25) is 9.59 Å². The number of nitrogen functional groups attached to an aromatic ring is 2. The molecule has 26 heavy (non-hydrogen) atoms. The van der Waals surface area contributed by atoms with Crippen molar-refractivity contribution in [1.82, 2.24) is 10.9 Å². The zero-order chi connectivity index (χ0) is 19.1. The minimum absolute atomic E-state index is 0.535. The highest BCUT2D eigenvalue weighted by Crippen LogP contribution is 2.07. The van der Waals surface area contributed by atoms with Gasteiger partial charge in [-0.15, -0.1) is 0 Å². The van der Waals surface area contributed by atoms with Crippen molar-refractivity contribution in [2.45, 2.75) is 13.8 Å². The molecular formula is C18H20N6O2. The number of carbonyl (C=O) groups excluding carboxylic acids is 2. The van der Waals surface area contributed by atoms with E-state index in [1.54, 1.807) is 62.4 Å². The summed E-state index contributed by atoms with van der Waals surface area (Å²) in [7, 11) is 0. The Hall–Kier alpha value is -3.68. The Morgan fingerprint density at radius 3 is 1.31 bits per heavy atom. The molecule has 0 aliphatic heterocycles. The fourth-order valence-corrected chi connectivity index (χ4v) is 1.95. The van der Waals surface area contributed by atoms with E-state index in [9.17, 15) is 9.59 Å². The van der Waals surface area contributed by atoms with Crippen molar-refractivity contribution in [2.24, 2.45) is 10.2 Å². The second kappa shape index (κ2) is 8.43. The highest BCUT2D eigenvalue weighted by molar-refractivity contribution is 6.35. The van der Waals surface area contributed by atoms with Crippen molar-refractivity contribution >= 4 is 34.6 Å². The smallest absolute Gasteiger partial charge is 0.331 e. The summed E-state index contributed by atoms with van der Waals surface area (Å²) in [5, 5.41) is 7.79. The molecular weight excluding hydrogens is 332 g/mol. The average molecular weight is 352 g/mol. The summed E-state index contributed by atoms with van der Waals surface area (Å²) in [5.74, 6) is -1.85. The molecule has 0 heterocycles. The predicted octanol–water partition coefficient (Wildman–Crippen LogP) is 1.23. The van der Waals surface area contributed by atoms with Crippen LogP contribution in [-0.2, 0) is 9.59 Å². The van der Waals surface area contributed by atoms with Crippen LogP contribution in [-0.4, -0.2) is 23.2 Å². The maximum atomic E-state index is 11.8. The van der Waals surface area contributed by atoms with Gasteiger partial charge in [0.05, 0.1) is 11.4 Å². The molecule has 0 atom stereocenters. The van der Waals surface area contributed by atoms with Crippen molar-refractivity contribution in [3.8, 4) is 0 Å². The van der Waals surface area contributed by atoms with E-state index in [4.69, 9.17) is 11.5 Å². The standard InChI is InChI=1S/C18H20N6O2/c1-11(13-3-7-15(19)8-4-13)21-23-17(25)18(26)24-22-12(2)14-5-9-16(20)10-6-14/h3-10H,19-20H2,1-2H3,(H,23,25)(H,24,26)/b21-11-,22-12-. The summed E-state index contributed by atoms with van der Waals surface area (Å²) in [6.07, 6.45) is 0. The van der Waals surface area contributed by atoms with Crippen molar-refractivity contribution in [1.29, 1.82) is 0 Å². The monoisotopic (exact) mass is 352 g/mol. The van der Waals surface area contributed by atoms with Gasteiger partial charge in [0.1, 0.15) is 0 Å². The third-order valence-electron chi connectivity index (χ3n) is 3.51. The third kappa shape index (κ3) is 5.17. The lowest BCUT2D eigenvalue weighted by Gasteiger charge is -2.04. The number of hydrogen-bond acceptors (Lipinski definition) is 6. The van der Waals surface area contributed by atoms with E-state index < -0.39 is 11.8 Å². The van der Waals surface area contributed by atoms with Crippen LogP contribution in [0.3, 0.4) is 0 Å². The fourth-order valence-electron chi connectivity index (χ4n) is 1.95. The van der Waals surface area contributed by atoms with Gasteiger partial charge in [0.2, 0.25) is 0 Å². The average Bonchev–Trinajstić information content (AvgIpc) is 2.64. The van der Waals surface area contributed by atoms with Crippen molar-refractivity contribution in [2.75, 3.05) is 11.5 Å². The van der Waals surface area contributed by atoms with Crippen LogP contribution < -0.4 is 22.3 Å². The van der Waals surface area contributed by atoms with Gasteiger partial charge in [-0.1, -0.05) is 24.3 Å². The third-order valence-corrected chi connectivity index (χ3v) is 3.51. The van der Waals surface area contributed by atoms with Gasteiger partial charge < -0.3 is 11.5 Å². The Morgan fingerprint density at radius 1 is 0.692 bits per heavy atom. The molecule has 0 spiro atoms. The van der Waals surface area contributed by atoms with Crippen LogP contribution in [0.1, 0.15) is 25.0 Å². The number of hydrogen-bond donors (Lipinski definition) is 4. The van der Waals surface area contributed by atoms with Gasteiger partial charge in [-0.05, 0) is 49.2 Å². The molecule has 0 unspecified atom stereocenters. The van der Waals surface area contributed by atoms with Crippen molar-refractivity contribution in [3.05, 3.63) is 59.7 Å². The van der Waals surface area contributed by atoms with E-state index in [1.807, 2.05) is 0 Å². The summed E-state index contributed by atoms with van der Waals surface area (Å²) in [5.41, 5.74) is 19.5. The normalized spacial score (nSPS) is 11.8. The first-order valence-corrected chi connectivity index (χ1v) is 7.77. The lowest BCUT2D eigenvalue weighted by Crippen LogP contribution is -2.36.